The average Bonchev–Trinajstić information content (AvgIpc) is 3.16. The molecule has 11 nitrogen and oxygen atoms in total. The summed E-state index contributed by atoms with van der Waals surface area (Å²) in [6, 6.07) is 19.7. The van der Waals surface area contributed by atoms with Crippen LogP contribution in [0.2, 0.25) is 0 Å². The molecule has 7 rings (SSSR count). The van der Waals surface area contributed by atoms with E-state index in [0.29, 0.717) is 34.2 Å². The highest BCUT2D eigenvalue weighted by molar-refractivity contribution is 5.95. The van der Waals surface area contributed by atoms with Crippen LogP contribution in [0.3, 0.4) is 0 Å². The summed E-state index contributed by atoms with van der Waals surface area (Å²) in [5.74, 6) is 1.37. The first-order chi connectivity index (χ1) is 26.7. The fraction of sp³-hybridized carbons (Fsp3) is 0.533. The van der Waals surface area contributed by atoms with E-state index in [4.69, 9.17) is 23.7 Å². The molecule has 2 saturated heterocycles. The van der Waals surface area contributed by atoms with E-state index < -0.39 is 5.97 Å². The molecule has 3 aromatic rings. The zero-order valence-corrected chi connectivity index (χ0v) is 34.1. The maximum atomic E-state index is 13.6. The van der Waals surface area contributed by atoms with Crippen LogP contribution in [0.4, 0.5) is 5.69 Å². The van der Waals surface area contributed by atoms with E-state index >= 15 is 0 Å². The first-order valence-electron chi connectivity index (χ1n) is 19.8. The van der Waals surface area contributed by atoms with Gasteiger partial charge in [0.25, 0.3) is 5.91 Å². The molecule has 0 aromatic heterocycles. The molecule has 2 saturated carbocycles. The molecule has 3 aromatic carbocycles. The van der Waals surface area contributed by atoms with Gasteiger partial charge in [-0.1, -0.05) is 27.7 Å². The molecule has 0 atom stereocenters. The van der Waals surface area contributed by atoms with E-state index in [0.717, 1.165) is 81.0 Å². The van der Waals surface area contributed by atoms with Gasteiger partial charge in [-0.25, -0.2) is 4.79 Å². The Morgan fingerprint density at radius 1 is 0.875 bits per heavy atom. The van der Waals surface area contributed by atoms with E-state index in [1.54, 1.807) is 18.2 Å². The lowest BCUT2D eigenvalue weighted by atomic mass is 9.49. The summed E-state index contributed by atoms with van der Waals surface area (Å²) in [6.07, 6.45) is 3.79. The number of amides is 1. The third-order valence-corrected chi connectivity index (χ3v) is 12.9. The number of piperidine rings is 1. The van der Waals surface area contributed by atoms with E-state index in [1.807, 2.05) is 38.1 Å². The molecule has 0 unspecified atom stereocenters. The number of hydrogen-bond donors (Lipinski definition) is 1. The van der Waals surface area contributed by atoms with Gasteiger partial charge in [-0.2, -0.15) is 5.26 Å². The van der Waals surface area contributed by atoms with Gasteiger partial charge in [-0.05, 0) is 86.3 Å². The van der Waals surface area contributed by atoms with E-state index in [1.165, 1.54) is 14.2 Å². The number of hydrogen-bond acceptors (Lipinski definition) is 10. The van der Waals surface area contributed by atoms with E-state index in [9.17, 15) is 14.9 Å². The number of benzene rings is 3. The van der Waals surface area contributed by atoms with Gasteiger partial charge >= 0.3 is 5.97 Å². The summed E-state index contributed by atoms with van der Waals surface area (Å²) in [5.41, 5.74) is 3.86. The zero-order chi connectivity index (χ0) is 40.0. The molecule has 2 aliphatic carbocycles. The Kier molecular flexibility index (Phi) is 10.8. The number of carbonyl (C=O) groups is 2. The Bertz CT molecular complexity index is 1950. The van der Waals surface area contributed by atoms with Crippen molar-refractivity contribution in [3.8, 4) is 23.3 Å². The molecule has 11 heteroatoms. The van der Waals surface area contributed by atoms with Gasteiger partial charge < -0.3 is 33.9 Å². The van der Waals surface area contributed by atoms with Gasteiger partial charge in [0.1, 0.15) is 35.0 Å². The van der Waals surface area contributed by atoms with Crippen molar-refractivity contribution in [3.63, 3.8) is 0 Å². The Balaban J connectivity index is 0.889. The summed E-state index contributed by atoms with van der Waals surface area (Å²) in [7, 11) is 2.89. The molecule has 1 N–H and O–H groups in total. The van der Waals surface area contributed by atoms with Crippen LogP contribution in [0, 0.1) is 36.0 Å². The zero-order valence-electron chi connectivity index (χ0n) is 34.1. The highest BCUT2D eigenvalue weighted by atomic mass is 16.5. The Labute approximate surface area is 331 Å². The topological polar surface area (TPSA) is 123 Å². The van der Waals surface area contributed by atoms with Crippen molar-refractivity contribution in [2.75, 3.05) is 51.9 Å². The highest BCUT2D eigenvalue weighted by Gasteiger charge is 2.64. The number of nitrogens with one attached hydrogen (secondary N) is 1. The van der Waals surface area contributed by atoms with Crippen LogP contribution in [0.25, 0.3) is 0 Å². The first-order valence-corrected chi connectivity index (χ1v) is 19.8. The molecule has 56 heavy (non-hydrogen) atoms. The summed E-state index contributed by atoms with van der Waals surface area (Å²) in [5, 5.41) is 12.8. The van der Waals surface area contributed by atoms with Crippen LogP contribution >= 0.6 is 0 Å². The largest absolute Gasteiger partial charge is 0.496 e. The van der Waals surface area contributed by atoms with Crippen LogP contribution in [-0.4, -0.2) is 93.7 Å². The molecular formula is C45H56N4O7. The summed E-state index contributed by atoms with van der Waals surface area (Å²) < 4.78 is 29.6. The third kappa shape index (κ3) is 7.41. The van der Waals surface area contributed by atoms with Crippen LogP contribution < -0.4 is 24.4 Å². The minimum absolute atomic E-state index is 0.0839. The van der Waals surface area contributed by atoms with Crippen LogP contribution in [0.5, 0.6) is 17.2 Å². The number of ether oxygens (including phenoxy) is 5. The smallest absolute Gasteiger partial charge is 0.341 e. The molecule has 0 radical (unpaired) electrons. The molecule has 4 aliphatic rings. The number of nitrogens with zero attached hydrogens (tertiary/aromatic N) is 3. The number of nitriles is 1. The minimum Gasteiger partial charge on any atom is -0.496 e. The number of esters is 1. The van der Waals surface area contributed by atoms with Crippen molar-refractivity contribution >= 4 is 17.6 Å². The standard InChI is InChI=1S/C45H56N4O7/c1-28-21-34(22-29(2)37(28)26-46)56-42-43(3,4)41(44(42,5)6)47-39(50)30-9-11-31(12-10-30)48-17-15-45(16-18-48)27-49(19-20-54-45)32-23-35(24-32)55-33-13-14-36(40(51)53-8)38(25-33)52-7/h9-14,21-22,25,32,35,41-42H,15-20,23-24,27H2,1-8H3,(H,47,50). The lowest BCUT2D eigenvalue weighted by Crippen LogP contribution is -2.74. The minimum atomic E-state index is -0.437. The third-order valence-electron chi connectivity index (χ3n) is 12.9. The maximum Gasteiger partial charge on any atom is 0.341 e. The van der Waals surface area contributed by atoms with Gasteiger partial charge in [0.05, 0.1) is 38.1 Å². The van der Waals surface area contributed by atoms with Crippen molar-refractivity contribution in [1.82, 2.24) is 10.2 Å². The summed E-state index contributed by atoms with van der Waals surface area (Å²) >= 11 is 0. The van der Waals surface area contributed by atoms with Gasteiger partial charge in [-0.15, -0.1) is 0 Å². The number of rotatable bonds is 10. The maximum absolute atomic E-state index is 13.6. The number of anilines is 1. The molecule has 298 valence electrons. The molecule has 1 amide bonds. The van der Waals surface area contributed by atoms with Gasteiger partial charge in [-0.3, -0.25) is 9.69 Å². The van der Waals surface area contributed by atoms with E-state index in [-0.39, 0.29) is 40.6 Å². The van der Waals surface area contributed by atoms with Crippen LogP contribution in [0.15, 0.2) is 54.6 Å². The summed E-state index contributed by atoms with van der Waals surface area (Å²) in [6.45, 7) is 16.8. The second-order valence-electron chi connectivity index (χ2n) is 17.3. The molecule has 2 heterocycles. The van der Waals surface area contributed by atoms with Gasteiger partial charge in [0.2, 0.25) is 0 Å². The molecule has 0 bridgehead atoms. The SMILES string of the molecule is COC(=O)c1ccc(OC2CC(N3CCOC4(CCN(c5ccc(C(=O)NC6C(C)(C)C(Oc7cc(C)c(C#N)c(C)c7)C6(C)C)cc5)CC4)C3)C2)cc1OC. The van der Waals surface area contributed by atoms with Crippen molar-refractivity contribution in [2.24, 2.45) is 10.8 Å². The molecule has 4 fully saturated rings. The number of carbonyl (C=O) groups excluding carboxylic acids is 2. The Morgan fingerprint density at radius 3 is 2.14 bits per heavy atom. The quantitative estimate of drug-likeness (QED) is 0.219. The lowest BCUT2D eigenvalue weighted by molar-refractivity contribution is -0.164. The van der Waals surface area contributed by atoms with Gasteiger partial charge in [0.15, 0.2) is 0 Å². The lowest BCUT2D eigenvalue weighted by Gasteiger charge is -2.63. The fourth-order valence-electron chi connectivity index (χ4n) is 9.95. The Morgan fingerprint density at radius 2 is 1.54 bits per heavy atom. The predicted octanol–water partition coefficient (Wildman–Crippen LogP) is 6.86. The fourth-order valence-corrected chi connectivity index (χ4v) is 9.95. The molecular weight excluding hydrogens is 709 g/mol. The monoisotopic (exact) mass is 764 g/mol. The van der Waals surface area contributed by atoms with Crippen molar-refractivity contribution in [2.45, 2.75) is 97.1 Å². The second-order valence-corrected chi connectivity index (χ2v) is 17.3. The normalized spacial score (nSPS) is 24.9. The van der Waals surface area contributed by atoms with Crippen LogP contribution in [-0.2, 0) is 9.47 Å². The van der Waals surface area contributed by atoms with Crippen molar-refractivity contribution in [1.29, 1.82) is 5.26 Å². The number of aryl methyl sites for hydroxylation is 2. The number of methoxy groups -OCH3 is 2. The average molecular weight is 765 g/mol. The predicted molar refractivity (Wildman–Crippen MR) is 214 cm³/mol. The number of morpholine rings is 1. The summed E-state index contributed by atoms with van der Waals surface area (Å²) in [4.78, 5) is 30.6. The Hall–Kier alpha value is -4.79. The van der Waals surface area contributed by atoms with Crippen LogP contribution in [0.1, 0.15) is 90.8 Å². The first kappa shape index (κ1) is 39.4. The van der Waals surface area contributed by atoms with E-state index in [2.05, 4.69) is 61.0 Å². The molecule has 2 aliphatic heterocycles. The highest BCUT2D eigenvalue weighted by Crippen LogP contribution is 2.55. The molecule has 1 spiro atoms. The van der Waals surface area contributed by atoms with Crippen molar-refractivity contribution < 1.29 is 33.3 Å². The second kappa shape index (κ2) is 15.3. The van der Waals surface area contributed by atoms with Crippen molar-refractivity contribution in [3.05, 3.63) is 82.4 Å². The van der Waals surface area contributed by atoms with Gasteiger partial charge in [0, 0.05) is 79.3 Å².